The lowest BCUT2D eigenvalue weighted by molar-refractivity contribution is -0.120. The van der Waals surface area contributed by atoms with E-state index in [1.54, 1.807) is 23.0 Å². The van der Waals surface area contributed by atoms with Crippen molar-refractivity contribution in [2.45, 2.75) is 25.8 Å². The van der Waals surface area contributed by atoms with E-state index in [1.807, 2.05) is 6.07 Å². The van der Waals surface area contributed by atoms with E-state index in [0.29, 0.717) is 11.9 Å². The molecule has 20 heavy (non-hydrogen) atoms. The quantitative estimate of drug-likeness (QED) is 0.880. The fraction of sp³-hybridized carbons (Fsp3) is 0.462. The fourth-order valence-corrected chi connectivity index (χ4v) is 2.53. The van der Waals surface area contributed by atoms with Crippen LogP contribution in [0.2, 0.25) is 0 Å². The van der Waals surface area contributed by atoms with Crippen LogP contribution in [0.15, 0.2) is 24.5 Å². The Kier molecular flexibility index (Phi) is 4.57. The number of piperidine rings is 1. The molecule has 0 spiro atoms. The third-order valence-electron chi connectivity index (χ3n) is 3.54. The van der Waals surface area contributed by atoms with Crippen LogP contribution in [0, 0.1) is 5.92 Å². The largest absolute Gasteiger partial charge is 0.314 e. The zero-order valence-corrected chi connectivity index (χ0v) is 12.1. The highest BCUT2D eigenvalue weighted by atomic mass is 35.5. The summed E-state index contributed by atoms with van der Waals surface area (Å²) in [7, 11) is 0. The first-order valence-corrected chi connectivity index (χ1v) is 6.57. The lowest BCUT2D eigenvalue weighted by atomic mass is 9.92. The molecule has 108 valence electrons. The average Bonchev–Trinajstić information content (AvgIpc) is 2.88. The second-order valence-corrected chi connectivity index (χ2v) is 5.00. The molecular weight excluding hydrogens is 278 g/mol. The van der Waals surface area contributed by atoms with Crippen LogP contribution in [0.5, 0.6) is 0 Å². The van der Waals surface area contributed by atoms with Crippen LogP contribution in [-0.4, -0.2) is 33.1 Å². The molecule has 0 saturated carbocycles. The van der Waals surface area contributed by atoms with Gasteiger partial charge in [-0.15, -0.1) is 12.4 Å². The van der Waals surface area contributed by atoms with Crippen molar-refractivity contribution in [3.05, 3.63) is 24.5 Å². The zero-order valence-electron chi connectivity index (χ0n) is 11.2. The van der Waals surface area contributed by atoms with Gasteiger partial charge in [0.25, 0.3) is 0 Å². The SMILES string of the molecule is C[C@H]1C[C@@H](C(=O)Nc2ccnc3ccnn23)CCN1.Cl. The first-order valence-electron chi connectivity index (χ1n) is 6.57. The van der Waals surface area contributed by atoms with Crippen molar-refractivity contribution < 1.29 is 4.79 Å². The van der Waals surface area contributed by atoms with E-state index >= 15 is 0 Å². The van der Waals surface area contributed by atoms with Crippen molar-refractivity contribution in [2.24, 2.45) is 5.92 Å². The zero-order chi connectivity index (χ0) is 13.2. The Labute approximate surface area is 123 Å². The highest BCUT2D eigenvalue weighted by molar-refractivity contribution is 5.92. The number of aromatic nitrogens is 3. The van der Waals surface area contributed by atoms with Crippen molar-refractivity contribution in [1.82, 2.24) is 19.9 Å². The standard InChI is InChI=1S/C13H17N5O.ClH/c1-9-8-10(2-5-14-9)13(19)17-12-3-6-15-11-4-7-16-18(11)12;/h3-4,6-7,9-10,14H,2,5,8H2,1H3,(H,17,19);1H/t9-,10-;/m0./s1. The number of hydrogen-bond donors (Lipinski definition) is 2. The Morgan fingerprint density at radius 3 is 3.10 bits per heavy atom. The molecule has 3 rings (SSSR count). The second-order valence-electron chi connectivity index (χ2n) is 5.00. The van der Waals surface area contributed by atoms with Crippen LogP contribution in [0.1, 0.15) is 19.8 Å². The van der Waals surface area contributed by atoms with Crippen LogP contribution in [0.3, 0.4) is 0 Å². The van der Waals surface area contributed by atoms with E-state index in [2.05, 4.69) is 27.6 Å². The molecule has 1 aliphatic rings. The van der Waals surface area contributed by atoms with Crippen LogP contribution >= 0.6 is 12.4 Å². The summed E-state index contributed by atoms with van der Waals surface area (Å²) < 4.78 is 1.64. The van der Waals surface area contributed by atoms with Gasteiger partial charge in [-0.1, -0.05) is 0 Å². The Hall–Kier alpha value is -1.66. The number of nitrogens with zero attached hydrogens (tertiary/aromatic N) is 3. The third-order valence-corrected chi connectivity index (χ3v) is 3.54. The van der Waals surface area contributed by atoms with Gasteiger partial charge in [0, 0.05) is 24.2 Å². The van der Waals surface area contributed by atoms with Crippen LogP contribution in [0.4, 0.5) is 5.82 Å². The van der Waals surface area contributed by atoms with Gasteiger partial charge < -0.3 is 10.6 Å². The van der Waals surface area contributed by atoms with Gasteiger partial charge in [0.15, 0.2) is 5.65 Å². The van der Waals surface area contributed by atoms with Gasteiger partial charge in [0.05, 0.1) is 6.20 Å². The normalized spacial score (nSPS) is 22.2. The number of carbonyl (C=O) groups is 1. The summed E-state index contributed by atoms with van der Waals surface area (Å²) in [4.78, 5) is 16.5. The van der Waals surface area contributed by atoms with Crippen molar-refractivity contribution in [2.75, 3.05) is 11.9 Å². The molecule has 0 radical (unpaired) electrons. The highest BCUT2D eigenvalue weighted by Gasteiger charge is 2.25. The molecule has 2 atom stereocenters. The molecule has 1 amide bonds. The number of carbonyl (C=O) groups excluding carboxylic acids is 1. The highest BCUT2D eigenvalue weighted by Crippen LogP contribution is 2.18. The molecule has 0 aliphatic carbocycles. The van der Waals surface area contributed by atoms with Gasteiger partial charge in [-0.05, 0) is 32.4 Å². The third kappa shape index (κ3) is 2.91. The molecule has 0 bridgehead atoms. The molecule has 7 heteroatoms. The Balaban J connectivity index is 0.00000147. The van der Waals surface area contributed by atoms with E-state index in [0.717, 1.165) is 25.0 Å². The molecule has 0 aromatic carbocycles. The van der Waals surface area contributed by atoms with E-state index < -0.39 is 0 Å². The summed E-state index contributed by atoms with van der Waals surface area (Å²) in [5.41, 5.74) is 0.733. The number of nitrogens with one attached hydrogen (secondary N) is 2. The molecule has 2 aromatic rings. The average molecular weight is 296 g/mol. The van der Waals surface area contributed by atoms with Gasteiger partial charge in [-0.25, -0.2) is 4.98 Å². The lowest BCUT2D eigenvalue weighted by Gasteiger charge is -2.27. The number of fused-ring (bicyclic) bond motifs is 1. The van der Waals surface area contributed by atoms with E-state index in [9.17, 15) is 4.79 Å². The Morgan fingerprint density at radius 2 is 2.30 bits per heavy atom. The maximum absolute atomic E-state index is 12.3. The summed E-state index contributed by atoms with van der Waals surface area (Å²) in [6.45, 7) is 3.00. The predicted molar refractivity (Wildman–Crippen MR) is 79.1 cm³/mol. The number of hydrogen-bond acceptors (Lipinski definition) is 4. The summed E-state index contributed by atoms with van der Waals surface area (Å²) in [6.07, 6.45) is 5.10. The van der Waals surface area contributed by atoms with Crippen molar-refractivity contribution in [3.8, 4) is 0 Å². The van der Waals surface area contributed by atoms with E-state index in [1.165, 1.54) is 0 Å². The summed E-state index contributed by atoms with van der Waals surface area (Å²) in [6, 6.07) is 3.97. The Morgan fingerprint density at radius 1 is 1.45 bits per heavy atom. The Bertz CT molecular complexity index is 599. The van der Waals surface area contributed by atoms with Gasteiger partial charge in [-0.3, -0.25) is 4.79 Å². The molecule has 2 N–H and O–H groups in total. The summed E-state index contributed by atoms with van der Waals surface area (Å²) in [5, 5.41) is 10.5. The van der Waals surface area contributed by atoms with E-state index in [4.69, 9.17) is 0 Å². The van der Waals surface area contributed by atoms with Crippen LogP contribution < -0.4 is 10.6 Å². The maximum Gasteiger partial charge on any atom is 0.228 e. The van der Waals surface area contributed by atoms with Gasteiger partial charge >= 0.3 is 0 Å². The first-order chi connectivity index (χ1) is 9.24. The van der Waals surface area contributed by atoms with Crippen LogP contribution in [0.25, 0.3) is 5.65 Å². The minimum Gasteiger partial charge on any atom is -0.314 e. The topological polar surface area (TPSA) is 71.3 Å². The fourth-order valence-electron chi connectivity index (χ4n) is 2.53. The molecule has 3 heterocycles. The number of halogens is 1. The summed E-state index contributed by atoms with van der Waals surface area (Å²) in [5.74, 6) is 0.803. The van der Waals surface area contributed by atoms with E-state index in [-0.39, 0.29) is 24.2 Å². The molecule has 2 aromatic heterocycles. The first kappa shape index (κ1) is 14.7. The molecule has 1 aliphatic heterocycles. The van der Waals surface area contributed by atoms with Gasteiger partial charge in [0.2, 0.25) is 5.91 Å². The molecule has 6 nitrogen and oxygen atoms in total. The van der Waals surface area contributed by atoms with Crippen LogP contribution in [-0.2, 0) is 4.79 Å². The van der Waals surface area contributed by atoms with Crippen molar-refractivity contribution >= 4 is 29.8 Å². The molecule has 0 unspecified atom stereocenters. The van der Waals surface area contributed by atoms with Crippen molar-refractivity contribution in [3.63, 3.8) is 0 Å². The monoisotopic (exact) mass is 295 g/mol. The lowest BCUT2D eigenvalue weighted by Crippen LogP contribution is -2.40. The van der Waals surface area contributed by atoms with Crippen molar-refractivity contribution in [1.29, 1.82) is 0 Å². The van der Waals surface area contributed by atoms with Gasteiger partial charge in [0.1, 0.15) is 5.82 Å². The molecule has 1 saturated heterocycles. The molecule has 1 fully saturated rings. The predicted octanol–water partition coefficient (Wildman–Crippen LogP) is 1.48. The summed E-state index contributed by atoms with van der Waals surface area (Å²) >= 11 is 0. The molecular formula is C13H18ClN5O. The number of anilines is 1. The van der Waals surface area contributed by atoms with Gasteiger partial charge in [-0.2, -0.15) is 9.61 Å². The second kappa shape index (κ2) is 6.19. The minimum atomic E-state index is 0. The maximum atomic E-state index is 12.3. The smallest absolute Gasteiger partial charge is 0.228 e. The minimum absolute atomic E-state index is 0. The number of amides is 1. The number of rotatable bonds is 2.